The highest BCUT2D eigenvalue weighted by molar-refractivity contribution is 7.10. The number of amides is 1. The molecule has 0 atom stereocenters. The average molecular weight is 390 g/mol. The molecule has 9 heteroatoms. The van der Waals surface area contributed by atoms with Crippen molar-refractivity contribution < 1.29 is 14.1 Å². The van der Waals surface area contributed by atoms with E-state index in [0.717, 1.165) is 4.88 Å². The molecule has 26 heavy (non-hydrogen) atoms. The number of nitrogens with one attached hydrogen (secondary N) is 1. The lowest BCUT2D eigenvalue weighted by atomic mass is 10.1. The largest absolute Gasteiger partial charge is 0.455 e. The zero-order valence-electron chi connectivity index (χ0n) is 13.2. The van der Waals surface area contributed by atoms with Gasteiger partial charge in [-0.3, -0.25) is 14.9 Å². The van der Waals surface area contributed by atoms with Crippen LogP contribution in [0.4, 0.5) is 5.69 Å². The Kier molecular flexibility index (Phi) is 5.45. The number of carbonyl (C=O) groups excluding carboxylic acids is 1. The molecule has 3 rings (SSSR count). The fourth-order valence-electron chi connectivity index (χ4n) is 2.16. The maximum atomic E-state index is 11.7. The molecule has 2 heterocycles. The van der Waals surface area contributed by atoms with Crippen molar-refractivity contribution in [3.63, 3.8) is 0 Å². The number of non-ortho nitro benzene ring substituents is 1. The molecule has 7 nitrogen and oxygen atoms in total. The molecular formula is C17H12ClN3O4S. The summed E-state index contributed by atoms with van der Waals surface area (Å²) in [6.45, 7) is 0. The van der Waals surface area contributed by atoms with E-state index >= 15 is 0 Å². The molecule has 0 aliphatic rings. The Morgan fingerprint density at radius 2 is 2.19 bits per heavy atom. The maximum absolute atomic E-state index is 11.7. The second kappa shape index (κ2) is 7.94. The van der Waals surface area contributed by atoms with Gasteiger partial charge in [0.15, 0.2) is 0 Å². The molecule has 0 aliphatic carbocycles. The van der Waals surface area contributed by atoms with Gasteiger partial charge in [0.05, 0.1) is 22.6 Å². The number of benzene rings is 1. The number of hydrogen-bond acceptors (Lipinski definition) is 6. The predicted octanol–water partition coefficient (Wildman–Crippen LogP) is 4.26. The van der Waals surface area contributed by atoms with E-state index in [-0.39, 0.29) is 18.0 Å². The summed E-state index contributed by atoms with van der Waals surface area (Å²) in [5.74, 6) is 0.501. The van der Waals surface area contributed by atoms with Gasteiger partial charge in [-0.15, -0.1) is 11.3 Å². The highest BCUT2D eigenvalue weighted by Crippen LogP contribution is 2.32. The zero-order valence-corrected chi connectivity index (χ0v) is 14.8. The van der Waals surface area contributed by atoms with Gasteiger partial charge < -0.3 is 4.42 Å². The Morgan fingerprint density at radius 3 is 2.92 bits per heavy atom. The van der Waals surface area contributed by atoms with Crippen LogP contribution in [0, 0.1) is 10.1 Å². The molecule has 0 saturated heterocycles. The van der Waals surface area contributed by atoms with Gasteiger partial charge in [0, 0.05) is 22.6 Å². The topological polar surface area (TPSA) is 97.7 Å². The molecule has 3 aromatic rings. The number of nitro groups is 1. The van der Waals surface area contributed by atoms with E-state index in [1.807, 2.05) is 17.5 Å². The van der Waals surface area contributed by atoms with E-state index in [0.29, 0.717) is 22.1 Å². The van der Waals surface area contributed by atoms with E-state index in [9.17, 15) is 14.9 Å². The van der Waals surface area contributed by atoms with Gasteiger partial charge in [0.2, 0.25) is 5.91 Å². The monoisotopic (exact) mass is 389 g/mol. The Hall–Kier alpha value is -2.97. The average Bonchev–Trinajstić information content (AvgIpc) is 3.27. The SMILES string of the molecule is O=C(Cc1cccs1)N/N=C/c1ccc(-c2cc([N+](=O)[O-])ccc2Cl)o1. The number of nitrogens with zero attached hydrogens (tertiary/aromatic N) is 2. The number of furan rings is 1. The molecule has 2 aromatic heterocycles. The van der Waals surface area contributed by atoms with E-state index in [1.165, 1.54) is 35.8 Å². The van der Waals surface area contributed by atoms with Crippen molar-refractivity contribution in [1.82, 2.24) is 5.43 Å². The smallest absolute Gasteiger partial charge is 0.270 e. The summed E-state index contributed by atoms with van der Waals surface area (Å²) in [5, 5.41) is 17.0. The first-order valence-electron chi connectivity index (χ1n) is 7.41. The van der Waals surface area contributed by atoms with Crippen molar-refractivity contribution in [1.29, 1.82) is 0 Å². The standard InChI is InChI=1S/C17H12ClN3O4S/c18-15-5-3-11(21(23)24)8-14(15)16-6-4-12(25-16)10-19-20-17(22)9-13-2-1-7-26-13/h1-8,10H,9H2,(H,20,22)/b19-10+. The molecule has 0 radical (unpaired) electrons. The molecule has 0 aliphatic heterocycles. The summed E-state index contributed by atoms with van der Waals surface area (Å²) in [5.41, 5.74) is 2.73. The Labute approximate surface area is 157 Å². The first kappa shape index (κ1) is 17.8. The van der Waals surface area contributed by atoms with Crippen LogP contribution in [0.1, 0.15) is 10.6 Å². The van der Waals surface area contributed by atoms with Crippen molar-refractivity contribution in [3.05, 3.63) is 73.6 Å². The molecule has 1 N–H and O–H groups in total. The fraction of sp³-hybridized carbons (Fsp3) is 0.0588. The van der Waals surface area contributed by atoms with Crippen molar-refractivity contribution in [2.75, 3.05) is 0 Å². The summed E-state index contributed by atoms with van der Waals surface area (Å²) in [4.78, 5) is 23.1. The van der Waals surface area contributed by atoms with Crippen LogP contribution in [0.25, 0.3) is 11.3 Å². The first-order chi connectivity index (χ1) is 12.5. The molecule has 1 amide bonds. The van der Waals surface area contributed by atoms with Gasteiger partial charge in [-0.25, -0.2) is 5.43 Å². The lowest BCUT2D eigenvalue weighted by Gasteiger charge is -2.00. The number of thiophene rings is 1. The third kappa shape index (κ3) is 4.35. The second-order valence-electron chi connectivity index (χ2n) is 5.17. The molecular weight excluding hydrogens is 378 g/mol. The Balaban J connectivity index is 1.67. The summed E-state index contributed by atoms with van der Waals surface area (Å²) in [6, 6.07) is 11.1. The first-order valence-corrected chi connectivity index (χ1v) is 8.67. The quantitative estimate of drug-likeness (QED) is 0.387. The van der Waals surface area contributed by atoms with Crippen LogP contribution in [-0.2, 0) is 11.2 Å². The second-order valence-corrected chi connectivity index (χ2v) is 6.61. The fourth-order valence-corrected chi connectivity index (χ4v) is 3.08. The molecule has 132 valence electrons. The Morgan fingerprint density at radius 1 is 1.35 bits per heavy atom. The van der Waals surface area contributed by atoms with Crippen LogP contribution < -0.4 is 5.43 Å². The zero-order chi connectivity index (χ0) is 18.5. The maximum Gasteiger partial charge on any atom is 0.270 e. The summed E-state index contributed by atoms with van der Waals surface area (Å²) in [7, 11) is 0. The van der Waals surface area contributed by atoms with Gasteiger partial charge >= 0.3 is 0 Å². The lowest BCUT2D eigenvalue weighted by Crippen LogP contribution is -2.19. The number of hydrazone groups is 1. The number of carbonyl (C=O) groups is 1. The minimum Gasteiger partial charge on any atom is -0.455 e. The number of hydrogen-bond donors (Lipinski definition) is 1. The van der Waals surface area contributed by atoms with E-state index in [4.69, 9.17) is 16.0 Å². The van der Waals surface area contributed by atoms with Crippen molar-refractivity contribution in [2.24, 2.45) is 5.10 Å². The van der Waals surface area contributed by atoms with Gasteiger partial charge in [0.1, 0.15) is 11.5 Å². The van der Waals surface area contributed by atoms with Gasteiger partial charge in [-0.1, -0.05) is 17.7 Å². The molecule has 0 fully saturated rings. The minimum atomic E-state index is -0.506. The third-order valence-corrected chi connectivity index (χ3v) is 4.55. The van der Waals surface area contributed by atoms with Crippen molar-refractivity contribution >= 4 is 40.7 Å². The van der Waals surface area contributed by atoms with Crippen molar-refractivity contribution in [2.45, 2.75) is 6.42 Å². The number of nitro benzene ring substituents is 1. The number of rotatable bonds is 6. The van der Waals surface area contributed by atoms with E-state index in [2.05, 4.69) is 10.5 Å². The van der Waals surface area contributed by atoms with Crippen LogP contribution >= 0.6 is 22.9 Å². The summed E-state index contributed by atoms with van der Waals surface area (Å²) in [6.07, 6.45) is 1.60. The molecule has 0 saturated carbocycles. The predicted molar refractivity (Wildman–Crippen MR) is 99.6 cm³/mol. The normalized spacial score (nSPS) is 11.0. The molecule has 0 bridgehead atoms. The molecule has 0 spiro atoms. The summed E-state index contributed by atoms with van der Waals surface area (Å²) < 4.78 is 5.57. The van der Waals surface area contributed by atoms with Crippen LogP contribution in [0.5, 0.6) is 0 Å². The summed E-state index contributed by atoms with van der Waals surface area (Å²) >= 11 is 7.58. The minimum absolute atomic E-state index is 0.0862. The van der Waals surface area contributed by atoms with Crippen molar-refractivity contribution in [3.8, 4) is 11.3 Å². The third-order valence-electron chi connectivity index (χ3n) is 3.35. The van der Waals surface area contributed by atoms with Gasteiger partial charge in [0.25, 0.3) is 5.69 Å². The van der Waals surface area contributed by atoms with Crippen LogP contribution in [0.2, 0.25) is 5.02 Å². The Bertz CT molecular complexity index is 966. The number of halogens is 1. The van der Waals surface area contributed by atoms with Crippen LogP contribution in [0.15, 0.2) is 57.4 Å². The van der Waals surface area contributed by atoms with E-state index in [1.54, 1.807) is 12.1 Å². The highest BCUT2D eigenvalue weighted by Gasteiger charge is 2.14. The molecule has 1 aromatic carbocycles. The van der Waals surface area contributed by atoms with Gasteiger partial charge in [-0.05, 0) is 29.6 Å². The molecule has 0 unspecified atom stereocenters. The van der Waals surface area contributed by atoms with Crippen LogP contribution in [-0.4, -0.2) is 17.0 Å². The van der Waals surface area contributed by atoms with E-state index < -0.39 is 4.92 Å². The van der Waals surface area contributed by atoms with Gasteiger partial charge in [-0.2, -0.15) is 5.10 Å². The van der Waals surface area contributed by atoms with Crippen LogP contribution in [0.3, 0.4) is 0 Å². The lowest BCUT2D eigenvalue weighted by molar-refractivity contribution is -0.384. The highest BCUT2D eigenvalue weighted by atomic mass is 35.5.